The molecule has 1 heterocycles. The van der Waals surface area contributed by atoms with Crippen molar-refractivity contribution in [3.8, 4) is 0 Å². The highest BCUT2D eigenvalue weighted by Crippen LogP contribution is 2.24. The summed E-state index contributed by atoms with van der Waals surface area (Å²) in [6.45, 7) is 3.84. The second-order valence-electron chi connectivity index (χ2n) is 7.10. The lowest BCUT2D eigenvalue weighted by molar-refractivity contribution is 0.0940. The molecule has 0 saturated carbocycles. The van der Waals surface area contributed by atoms with Gasteiger partial charge in [0.15, 0.2) is 0 Å². The number of likely N-dealkylation sites (N-methyl/N-ethyl adjacent to an activating group) is 1. The Balaban J connectivity index is 1.81. The van der Waals surface area contributed by atoms with E-state index >= 15 is 0 Å². The molecule has 0 unspecified atom stereocenters. The first-order valence-electron chi connectivity index (χ1n) is 9.23. The highest BCUT2D eigenvalue weighted by molar-refractivity contribution is 7.89. The Labute approximate surface area is 175 Å². The standard InChI is InChI=1S/C20H23ClFN3O3S/c1-14(15-3-5-16(22)6-4-15)23-20(26)18-13-17(7-8-19(18)21)29(27,28)25-11-9-24(2)10-12-25/h3-8,13-14H,9-12H2,1-2H3,(H,23,26)/t14-/m0/s1. The summed E-state index contributed by atoms with van der Waals surface area (Å²) in [6.07, 6.45) is 0. The van der Waals surface area contributed by atoms with E-state index in [0.29, 0.717) is 26.2 Å². The number of rotatable bonds is 5. The third-order valence-electron chi connectivity index (χ3n) is 5.00. The summed E-state index contributed by atoms with van der Waals surface area (Å²) in [5.74, 6) is -0.862. The van der Waals surface area contributed by atoms with Crippen LogP contribution in [0.2, 0.25) is 5.02 Å². The van der Waals surface area contributed by atoms with Gasteiger partial charge in [0, 0.05) is 26.2 Å². The normalized spacial score (nSPS) is 17.1. The molecule has 1 aliphatic heterocycles. The zero-order valence-corrected chi connectivity index (χ0v) is 17.8. The molecular weight excluding hydrogens is 417 g/mol. The summed E-state index contributed by atoms with van der Waals surface area (Å²) in [7, 11) is -1.78. The number of hydrogen-bond acceptors (Lipinski definition) is 4. The molecule has 2 aromatic rings. The van der Waals surface area contributed by atoms with E-state index in [9.17, 15) is 17.6 Å². The second kappa shape index (κ2) is 8.79. The summed E-state index contributed by atoms with van der Waals surface area (Å²) >= 11 is 6.17. The molecule has 1 N–H and O–H groups in total. The Hall–Kier alpha value is -2.00. The molecule has 0 aliphatic carbocycles. The van der Waals surface area contributed by atoms with Crippen LogP contribution in [0.25, 0.3) is 0 Å². The summed E-state index contributed by atoms with van der Waals surface area (Å²) < 4.78 is 40.4. The third kappa shape index (κ3) is 4.95. The zero-order chi connectivity index (χ0) is 21.2. The van der Waals surface area contributed by atoms with Gasteiger partial charge in [0.2, 0.25) is 10.0 Å². The zero-order valence-electron chi connectivity index (χ0n) is 16.2. The first-order chi connectivity index (χ1) is 13.7. The Morgan fingerprint density at radius 1 is 1.10 bits per heavy atom. The molecule has 6 nitrogen and oxygen atoms in total. The number of carbonyl (C=O) groups is 1. The Morgan fingerprint density at radius 2 is 1.72 bits per heavy atom. The van der Waals surface area contributed by atoms with E-state index in [1.165, 1.54) is 34.6 Å². The van der Waals surface area contributed by atoms with E-state index < -0.39 is 22.0 Å². The van der Waals surface area contributed by atoms with Crippen LogP contribution in [0.1, 0.15) is 28.9 Å². The molecule has 9 heteroatoms. The molecule has 3 rings (SSSR count). The van der Waals surface area contributed by atoms with Crippen LogP contribution in [-0.4, -0.2) is 56.8 Å². The van der Waals surface area contributed by atoms with Crippen molar-refractivity contribution in [2.45, 2.75) is 17.9 Å². The largest absolute Gasteiger partial charge is 0.345 e. The van der Waals surface area contributed by atoms with Crippen LogP contribution in [-0.2, 0) is 10.0 Å². The van der Waals surface area contributed by atoms with Gasteiger partial charge in [-0.25, -0.2) is 12.8 Å². The van der Waals surface area contributed by atoms with Gasteiger partial charge in [-0.1, -0.05) is 23.7 Å². The van der Waals surface area contributed by atoms with Gasteiger partial charge in [-0.15, -0.1) is 0 Å². The smallest absolute Gasteiger partial charge is 0.253 e. The van der Waals surface area contributed by atoms with Gasteiger partial charge in [-0.2, -0.15) is 4.31 Å². The summed E-state index contributed by atoms with van der Waals surface area (Å²) in [5.41, 5.74) is 0.799. The lowest BCUT2D eigenvalue weighted by Crippen LogP contribution is -2.47. The number of sulfonamides is 1. The van der Waals surface area contributed by atoms with Crippen molar-refractivity contribution in [2.75, 3.05) is 33.2 Å². The minimum atomic E-state index is -3.72. The summed E-state index contributed by atoms with van der Waals surface area (Å²) in [4.78, 5) is 14.8. The number of carbonyl (C=O) groups excluding carboxylic acids is 1. The first-order valence-corrected chi connectivity index (χ1v) is 11.0. The van der Waals surface area contributed by atoms with E-state index in [4.69, 9.17) is 11.6 Å². The molecule has 1 amide bonds. The van der Waals surface area contributed by atoms with Crippen molar-refractivity contribution in [3.05, 3.63) is 64.4 Å². The molecule has 29 heavy (non-hydrogen) atoms. The number of amides is 1. The van der Waals surface area contributed by atoms with E-state index in [1.807, 2.05) is 7.05 Å². The van der Waals surface area contributed by atoms with Gasteiger partial charge < -0.3 is 10.2 Å². The van der Waals surface area contributed by atoms with Crippen molar-refractivity contribution in [2.24, 2.45) is 0 Å². The summed E-state index contributed by atoms with van der Waals surface area (Å²) in [5, 5.41) is 2.93. The number of hydrogen-bond donors (Lipinski definition) is 1. The van der Waals surface area contributed by atoms with E-state index in [2.05, 4.69) is 10.2 Å². The number of piperazine rings is 1. The molecule has 0 spiro atoms. The lowest BCUT2D eigenvalue weighted by Gasteiger charge is -2.31. The first kappa shape index (κ1) is 21.7. The lowest BCUT2D eigenvalue weighted by atomic mass is 10.1. The topological polar surface area (TPSA) is 69.7 Å². The fourth-order valence-electron chi connectivity index (χ4n) is 3.13. The van der Waals surface area contributed by atoms with Crippen LogP contribution in [0.15, 0.2) is 47.4 Å². The molecule has 0 bridgehead atoms. The van der Waals surface area contributed by atoms with Crippen LogP contribution in [0, 0.1) is 5.82 Å². The van der Waals surface area contributed by atoms with Gasteiger partial charge in [0.1, 0.15) is 5.82 Å². The molecule has 0 aromatic heterocycles. The van der Waals surface area contributed by atoms with Gasteiger partial charge in [0.05, 0.1) is 21.5 Å². The molecular formula is C20H23ClFN3O3S. The maximum Gasteiger partial charge on any atom is 0.253 e. The van der Waals surface area contributed by atoms with Crippen LogP contribution in [0.4, 0.5) is 4.39 Å². The van der Waals surface area contributed by atoms with Crippen LogP contribution < -0.4 is 5.32 Å². The van der Waals surface area contributed by atoms with E-state index in [0.717, 1.165) is 5.56 Å². The summed E-state index contributed by atoms with van der Waals surface area (Å²) in [6, 6.07) is 9.52. The quantitative estimate of drug-likeness (QED) is 0.777. The van der Waals surface area contributed by atoms with Gasteiger partial charge in [0.25, 0.3) is 5.91 Å². The van der Waals surface area contributed by atoms with Crippen molar-refractivity contribution in [3.63, 3.8) is 0 Å². The average Bonchev–Trinajstić information content (AvgIpc) is 2.68. The minimum Gasteiger partial charge on any atom is -0.345 e. The van der Waals surface area contributed by atoms with Crippen molar-refractivity contribution >= 4 is 27.5 Å². The fourth-order valence-corrected chi connectivity index (χ4v) is 4.78. The Morgan fingerprint density at radius 3 is 2.34 bits per heavy atom. The molecule has 1 fully saturated rings. The van der Waals surface area contributed by atoms with E-state index in [1.54, 1.807) is 19.1 Å². The molecule has 1 aliphatic rings. The number of halogens is 2. The van der Waals surface area contributed by atoms with Crippen molar-refractivity contribution in [1.82, 2.24) is 14.5 Å². The minimum absolute atomic E-state index is 0.0334. The highest BCUT2D eigenvalue weighted by Gasteiger charge is 2.28. The Bertz CT molecular complexity index is 991. The fraction of sp³-hybridized carbons (Fsp3) is 0.350. The average molecular weight is 440 g/mol. The van der Waals surface area contributed by atoms with Gasteiger partial charge in [-0.05, 0) is 49.9 Å². The molecule has 0 radical (unpaired) electrons. The predicted octanol–water partition coefficient (Wildman–Crippen LogP) is 2.91. The highest BCUT2D eigenvalue weighted by atomic mass is 35.5. The maximum absolute atomic E-state index is 13.1. The molecule has 2 aromatic carbocycles. The SMILES string of the molecule is C[C@H](NC(=O)c1cc(S(=O)(=O)N2CCN(C)CC2)ccc1Cl)c1ccc(F)cc1. The van der Waals surface area contributed by atoms with Gasteiger partial charge in [-0.3, -0.25) is 4.79 Å². The van der Waals surface area contributed by atoms with Gasteiger partial charge >= 0.3 is 0 Å². The number of benzene rings is 2. The number of nitrogens with zero attached hydrogens (tertiary/aromatic N) is 2. The van der Waals surface area contributed by atoms with Crippen molar-refractivity contribution in [1.29, 1.82) is 0 Å². The number of nitrogens with one attached hydrogen (secondary N) is 1. The monoisotopic (exact) mass is 439 g/mol. The molecule has 156 valence electrons. The van der Waals surface area contributed by atoms with E-state index in [-0.39, 0.29) is 21.3 Å². The van der Waals surface area contributed by atoms with Crippen molar-refractivity contribution < 1.29 is 17.6 Å². The van der Waals surface area contributed by atoms with Crippen LogP contribution in [0.5, 0.6) is 0 Å². The third-order valence-corrected chi connectivity index (χ3v) is 7.22. The second-order valence-corrected chi connectivity index (χ2v) is 9.44. The molecule has 1 atom stereocenters. The Kier molecular flexibility index (Phi) is 6.58. The van der Waals surface area contributed by atoms with Crippen LogP contribution in [0.3, 0.4) is 0 Å². The predicted molar refractivity (Wildman–Crippen MR) is 110 cm³/mol. The molecule has 1 saturated heterocycles. The maximum atomic E-state index is 13.1. The van der Waals surface area contributed by atoms with Crippen LogP contribution >= 0.6 is 11.6 Å².